The van der Waals surface area contributed by atoms with Gasteiger partial charge in [0.05, 0.1) is 11.5 Å². The van der Waals surface area contributed by atoms with Gasteiger partial charge in [-0.05, 0) is 55.9 Å². The third-order valence-corrected chi connectivity index (χ3v) is 4.80. The monoisotopic (exact) mass is 342 g/mol. The van der Waals surface area contributed by atoms with Crippen LogP contribution in [0.3, 0.4) is 0 Å². The van der Waals surface area contributed by atoms with Crippen molar-refractivity contribution in [3.63, 3.8) is 0 Å². The fraction of sp³-hybridized carbons (Fsp3) is 0.632. The average Bonchev–Trinajstić information content (AvgIpc) is 2.55. The number of hydrogen-bond acceptors (Lipinski definition) is 2. The highest BCUT2D eigenvalue weighted by Gasteiger charge is 2.31. The molecule has 1 aromatic rings. The van der Waals surface area contributed by atoms with Crippen LogP contribution < -0.4 is 4.74 Å². The van der Waals surface area contributed by atoms with E-state index in [0.717, 1.165) is 37.8 Å². The second kappa shape index (κ2) is 8.54. The Kier molecular flexibility index (Phi) is 6.69. The number of alkyl halides is 3. The van der Waals surface area contributed by atoms with E-state index in [2.05, 4.69) is 6.92 Å². The number of ether oxygens (including phenoxy) is 1. The largest absolute Gasteiger partial charge is 0.426 e. The first-order valence-electron chi connectivity index (χ1n) is 8.79. The van der Waals surface area contributed by atoms with E-state index in [1.807, 2.05) is 0 Å². The van der Waals surface area contributed by atoms with Crippen molar-refractivity contribution >= 4 is 5.97 Å². The second-order valence-corrected chi connectivity index (χ2v) is 6.66. The van der Waals surface area contributed by atoms with Gasteiger partial charge in [0.25, 0.3) is 0 Å². The first kappa shape index (κ1) is 18.8. The molecule has 0 N–H and O–H groups in total. The standard InChI is InChI=1S/C19H25F3O2/c1-2-3-4-5-14-6-8-15(9-7-14)18(23)24-17-12-10-16(11-13-17)19(20,21)22/h10-15H,2-9H2,1H3/t14-,15-. The molecule has 2 rings (SSSR count). The Labute approximate surface area is 141 Å². The van der Waals surface area contributed by atoms with E-state index in [-0.39, 0.29) is 17.6 Å². The Hall–Kier alpha value is -1.52. The lowest BCUT2D eigenvalue weighted by molar-refractivity contribution is -0.140. The number of benzene rings is 1. The molecule has 2 nitrogen and oxygen atoms in total. The topological polar surface area (TPSA) is 26.3 Å². The summed E-state index contributed by atoms with van der Waals surface area (Å²) < 4.78 is 42.8. The molecular weight excluding hydrogens is 317 g/mol. The lowest BCUT2D eigenvalue weighted by Crippen LogP contribution is -2.25. The smallest absolute Gasteiger partial charge is 0.416 e. The fourth-order valence-electron chi connectivity index (χ4n) is 3.28. The lowest BCUT2D eigenvalue weighted by atomic mass is 9.80. The van der Waals surface area contributed by atoms with Crippen molar-refractivity contribution < 1.29 is 22.7 Å². The van der Waals surface area contributed by atoms with Crippen LogP contribution in [-0.4, -0.2) is 5.97 Å². The molecule has 1 aliphatic rings. The molecule has 0 spiro atoms. The van der Waals surface area contributed by atoms with Crippen molar-refractivity contribution in [2.45, 2.75) is 64.5 Å². The Balaban J connectivity index is 1.79. The Bertz CT molecular complexity index is 514. The summed E-state index contributed by atoms with van der Waals surface area (Å²) in [5, 5.41) is 0. The molecule has 24 heavy (non-hydrogen) atoms. The minimum Gasteiger partial charge on any atom is -0.426 e. The highest BCUT2D eigenvalue weighted by Crippen LogP contribution is 2.34. The predicted molar refractivity (Wildman–Crippen MR) is 86.7 cm³/mol. The summed E-state index contributed by atoms with van der Waals surface area (Å²) in [5.74, 6) is 0.432. The van der Waals surface area contributed by atoms with Crippen LogP contribution in [0.25, 0.3) is 0 Å². The number of esters is 1. The zero-order chi connectivity index (χ0) is 17.6. The average molecular weight is 342 g/mol. The maximum Gasteiger partial charge on any atom is 0.416 e. The molecule has 5 heteroatoms. The molecule has 0 heterocycles. The Morgan fingerprint density at radius 2 is 1.71 bits per heavy atom. The van der Waals surface area contributed by atoms with Gasteiger partial charge in [-0.25, -0.2) is 0 Å². The van der Waals surface area contributed by atoms with Gasteiger partial charge in [-0.1, -0.05) is 32.6 Å². The van der Waals surface area contributed by atoms with E-state index >= 15 is 0 Å². The summed E-state index contributed by atoms with van der Waals surface area (Å²) in [6.45, 7) is 2.19. The van der Waals surface area contributed by atoms with E-state index in [9.17, 15) is 18.0 Å². The van der Waals surface area contributed by atoms with E-state index in [1.54, 1.807) is 0 Å². The molecule has 0 unspecified atom stereocenters. The number of halogens is 3. The van der Waals surface area contributed by atoms with Gasteiger partial charge in [0.15, 0.2) is 0 Å². The molecule has 0 aromatic heterocycles. The van der Waals surface area contributed by atoms with Gasteiger partial charge in [0.2, 0.25) is 0 Å². The molecule has 1 aliphatic carbocycles. The first-order chi connectivity index (χ1) is 11.4. The van der Waals surface area contributed by atoms with Crippen LogP contribution in [0.2, 0.25) is 0 Å². The molecule has 1 fully saturated rings. The van der Waals surface area contributed by atoms with Crippen LogP contribution in [0.1, 0.15) is 63.9 Å². The van der Waals surface area contributed by atoms with Gasteiger partial charge in [-0.15, -0.1) is 0 Å². The first-order valence-corrected chi connectivity index (χ1v) is 8.79. The van der Waals surface area contributed by atoms with Crippen molar-refractivity contribution in [1.29, 1.82) is 0 Å². The molecule has 134 valence electrons. The molecule has 0 amide bonds. The van der Waals surface area contributed by atoms with Gasteiger partial charge in [0, 0.05) is 0 Å². The number of carbonyl (C=O) groups excluding carboxylic acids is 1. The Morgan fingerprint density at radius 1 is 1.08 bits per heavy atom. The Morgan fingerprint density at radius 3 is 2.25 bits per heavy atom. The van der Waals surface area contributed by atoms with Crippen LogP contribution in [0, 0.1) is 11.8 Å². The van der Waals surface area contributed by atoms with Crippen LogP contribution in [-0.2, 0) is 11.0 Å². The third-order valence-electron chi connectivity index (χ3n) is 4.80. The quantitative estimate of drug-likeness (QED) is 0.360. The minimum atomic E-state index is -4.38. The van der Waals surface area contributed by atoms with Crippen LogP contribution >= 0.6 is 0 Å². The zero-order valence-electron chi connectivity index (χ0n) is 14.1. The van der Waals surface area contributed by atoms with Crippen molar-refractivity contribution in [2.24, 2.45) is 11.8 Å². The van der Waals surface area contributed by atoms with E-state index in [0.29, 0.717) is 5.92 Å². The number of rotatable bonds is 6. The summed E-state index contributed by atoms with van der Waals surface area (Å²) in [4.78, 5) is 12.2. The van der Waals surface area contributed by atoms with E-state index < -0.39 is 11.7 Å². The van der Waals surface area contributed by atoms with Gasteiger partial charge in [-0.2, -0.15) is 13.2 Å². The van der Waals surface area contributed by atoms with Gasteiger partial charge in [-0.3, -0.25) is 4.79 Å². The summed E-state index contributed by atoms with van der Waals surface area (Å²) in [7, 11) is 0. The van der Waals surface area contributed by atoms with Crippen molar-refractivity contribution in [1.82, 2.24) is 0 Å². The van der Waals surface area contributed by atoms with Crippen LogP contribution in [0.4, 0.5) is 13.2 Å². The third kappa shape index (κ3) is 5.53. The van der Waals surface area contributed by atoms with Crippen molar-refractivity contribution in [3.05, 3.63) is 29.8 Å². The lowest BCUT2D eigenvalue weighted by Gasteiger charge is -2.27. The fourth-order valence-corrected chi connectivity index (χ4v) is 3.28. The van der Waals surface area contributed by atoms with Crippen LogP contribution in [0.5, 0.6) is 5.75 Å². The van der Waals surface area contributed by atoms with E-state index in [1.165, 1.54) is 37.8 Å². The highest BCUT2D eigenvalue weighted by atomic mass is 19.4. The molecule has 1 saturated carbocycles. The summed E-state index contributed by atoms with van der Waals surface area (Å²) in [6, 6.07) is 4.29. The maximum absolute atomic E-state index is 12.5. The second-order valence-electron chi connectivity index (χ2n) is 6.66. The van der Waals surface area contributed by atoms with Crippen molar-refractivity contribution in [2.75, 3.05) is 0 Å². The van der Waals surface area contributed by atoms with E-state index in [4.69, 9.17) is 4.74 Å². The summed E-state index contributed by atoms with van der Waals surface area (Å²) >= 11 is 0. The molecule has 0 aliphatic heterocycles. The molecular formula is C19H25F3O2. The summed E-state index contributed by atoms with van der Waals surface area (Å²) in [6.07, 6.45) is 4.29. The molecule has 1 aromatic carbocycles. The molecule has 0 bridgehead atoms. The van der Waals surface area contributed by atoms with Crippen molar-refractivity contribution in [3.8, 4) is 5.75 Å². The van der Waals surface area contributed by atoms with Gasteiger partial charge in [0.1, 0.15) is 5.75 Å². The molecule has 0 radical (unpaired) electrons. The highest BCUT2D eigenvalue weighted by molar-refractivity contribution is 5.75. The SMILES string of the molecule is CCCCC[C@H]1CC[C@H](C(=O)Oc2ccc(C(F)(F)F)cc2)CC1. The minimum absolute atomic E-state index is 0.130. The normalized spacial score (nSPS) is 21.5. The predicted octanol–water partition coefficient (Wildman–Crippen LogP) is 6.00. The number of carbonyl (C=O) groups is 1. The van der Waals surface area contributed by atoms with Gasteiger partial charge < -0.3 is 4.74 Å². The van der Waals surface area contributed by atoms with Crippen LogP contribution in [0.15, 0.2) is 24.3 Å². The maximum atomic E-state index is 12.5. The molecule has 0 saturated heterocycles. The molecule has 0 atom stereocenters. The van der Waals surface area contributed by atoms with Gasteiger partial charge >= 0.3 is 12.1 Å². The number of unbranched alkanes of at least 4 members (excludes halogenated alkanes) is 2. The zero-order valence-corrected chi connectivity index (χ0v) is 14.1. The number of hydrogen-bond donors (Lipinski definition) is 0. The summed E-state index contributed by atoms with van der Waals surface area (Å²) in [5.41, 5.74) is -0.741.